The van der Waals surface area contributed by atoms with Crippen LogP contribution in [0.5, 0.6) is 0 Å². The van der Waals surface area contributed by atoms with Crippen molar-refractivity contribution in [2.45, 2.75) is 52.4 Å². The minimum Gasteiger partial charge on any atom is -0.481 e. The highest BCUT2D eigenvalue weighted by molar-refractivity contribution is 5.74. The van der Waals surface area contributed by atoms with Crippen LogP contribution in [0.3, 0.4) is 0 Å². The molecule has 0 aromatic carbocycles. The standard InChI is InChI=1S/C15H24O2/c1-3-5-9-12(4-2)14(15(16)17)13-10-7-6-8-11-13/h3,5,9,13-14H,4,6-8,10-11H2,1-2H3,(H,16,17). The molecule has 17 heavy (non-hydrogen) atoms. The smallest absolute Gasteiger partial charge is 0.310 e. The molecule has 1 atom stereocenters. The van der Waals surface area contributed by atoms with Gasteiger partial charge in [0.05, 0.1) is 5.92 Å². The molecule has 2 nitrogen and oxygen atoms in total. The zero-order valence-electron chi connectivity index (χ0n) is 11.0. The summed E-state index contributed by atoms with van der Waals surface area (Å²) in [5.41, 5.74) is 1.07. The highest BCUT2D eigenvalue weighted by Crippen LogP contribution is 2.35. The van der Waals surface area contributed by atoms with Crippen molar-refractivity contribution in [1.82, 2.24) is 0 Å². The summed E-state index contributed by atoms with van der Waals surface area (Å²) in [6, 6.07) is 0. The summed E-state index contributed by atoms with van der Waals surface area (Å²) in [5.74, 6) is -0.566. The molecule has 96 valence electrons. The van der Waals surface area contributed by atoms with E-state index in [1.165, 1.54) is 19.3 Å². The fraction of sp³-hybridized carbons (Fsp3) is 0.667. The van der Waals surface area contributed by atoms with Gasteiger partial charge in [0.25, 0.3) is 0 Å². The van der Waals surface area contributed by atoms with Crippen LogP contribution in [0.25, 0.3) is 0 Å². The average Bonchev–Trinajstić information content (AvgIpc) is 2.35. The first kappa shape index (κ1) is 14.0. The molecule has 0 aliphatic heterocycles. The number of rotatable bonds is 5. The quantitative estimate of drug-likeness (QED) is 0.727. The van der Waals surface area contributed by atoms with Crippen LogP contribution in [0.2, 0.25) is 0 Å². The first-order valence-corrected chi connectivity index (χ1v) is 6.75. The summed E-state index contributed by atoms with van der Waals surface area (Å²) in [6.45, 7) is 4.01. The number of carbonyl (C=O) groups is 1. The van der Waals surface area contributed by atoms with Crippen molar-refractivity contribution in [3.63, 3.8) is 0 Å². The zero-order valence-corrected chi connectivity index (χ0v) is 11.0. The van der Waals surface area contributed by atoms with E-state index in [1.54, 1.807) is 0 Å². The Labute approximate surface area is 104 Å². The van der Waals surface area contributed by atoms with Gasteiger partial charge in [-0.3, -0.25) is 4.79 Å². The number of aliphatic carboxylic acids is 1. The van der Waals surface area contributed by atoms with E-state index in [9.17, 15) is 9.90 Å². The van der Waals surface area contributed by atoms with Crippen LogP contribution in [0.15, 0.2) is 23.8 Å². The van der Waals surface area contributed by atoms with Gasteiger partial charge in [0.2, 0.25) is 0 Å². The Kier molecular flexibility index (Phi) is 6.03. The van der Waals surface area contributed by atoms with Crippen LogP contribution in [0.1, 0.15) is 52.4 Å². The number of carboxylic acids is 1. The minimum absolute atomic E-state index is 0.267. The number of hydrogen-bond acceptors (Lipinski definition) is 1. The molecule has 0 saturated heterocycles. The summed E-state index contributed by atoms with van der Waals surface area (Å²) >= 11 is 0. The summed E-state index contributed by atoms with van der Waals surface area (Å²) in [6.07, 6.45) is 12.5. The van der Waals surface area contributed by atoms with E-state index in [4.69, 9.17) is 0 Å². The lowest BCUT2D eigenvalue weighted by atomic mass is 9.76. The molecular formula is C15H24O2. The zero-order chi connectivity index (χ0) is 12.7. The second kappa shape index (κ2) is 7.31. The van der Waals surface area contributed by atoms with E-state index in [-0.39, 0.29) is 5.92 Å². The highest BCUT2D eigenvalue weighted by Gasteiger charge is 2.31. The molecule has 1 fully saturated rings. The first-order valence-electron chi connectivity index (χ1n) is 6.75. The Morgan fingerprint density at radius 1 is 1.35 bits per heavy atom. The molecule has 1 unspecified atom stereocenters. The maximum atomic E-state index is 11.5. The van der Waals surface area contributed by atoms with E-state index in [2.05, 4.69) is 0 Å². The van der Waals surface area contributed by atoms with Crippen molar-refractivity contribution in [2.24, 2.45) is 11.8 Å². The molecule has 0 amide bonds. The third-order valence-corrected chi connectivity index (χ3v) is 3.70. The third-order valence-electron chi connectivity index (χ3n) is 3.70. The Morgan fingerprint density at radius 3 is 2.47 bits per heavy atom. The average molecular weight is 236 g/mol. The second-order valence-electron chi connectivity index (χ2n) is 4.83. The van der Waals surface area contributed by atoms with E-state index in [0.717, 1.165) is 24.8 Å². The van der Waals surface area contributed by atoms with Gasteiger partial charge in [-0.05, 0) is 32.1 Å². The third kappa shape index (κ3) is 4.03. The van der Waals surface area contributed by atoms with Gasteiger partial charge in [-0.25, -0.2) is 0 Å². The molecule has 0 aromatic rings. The van der Waals surface area contributed by atoms with Crippen molar-refractivity contribution >= 4 is 5.97 Å². The summed E-state index contributed by atoms with van der Waals surface area (Å²) in [7, 11) is 0. The van der Waals surface area contributed by atoms with Crippen LogP contribution in [-0.4, -0.2) is 11.1 Å². The molecule has 0 heterocycles. The van der Waals surface area contributed by atoms with Gasteiger partial charge >= 0.3 is 5.97 Å². The fourth-order valence-corrected chi connectivity index (χ4v) is 2.79. The van der Waals surface area contributed by atoms with E-state index < -0.39 is 5.97 Å². The maximum absolute atomic E-state index is 11.5. The molecular weight excluding hydrogens is 212 g/mol. The molecule has 0 bridgehead atoms. The molecule has 1 aliphatic carbocycles. The Balaban J connectivity index is 2.85. The van der Waals surface area contributed by atoms with Gasteiger partial charge < -0.3 is 5.11 Å². The van der Waals surface area contributed by atoms with Gasteiger partial charge in [0.1, 0.15) is 0 Å². The lowest BCUT2D eigenvalue weighted by Crippen LogP contribution is -2.27. The minimum atomic E-state index is -0.644. The van der Waals surface area contributed by atoms with Crippen LogP contribution < -0.4 is 0 Å². The molecule has 2 heteroatoms. The molecule has 1 aliphatic rings. The van der Waals surface area contributed by atoms with Crippen molar-refractivity contribution < 1.29 is 9.90 Å². The first-order chi connectivity index (χ1) is 8.20. The predicted octanol–water partition coefficient (Wildman–Crippen LogP) is 4.18. The topological polar surface area (TPSA) is 37.3 Å². The van der Waals surface area contributed by atoms with Crippen LogP contribution in [0, 0.1) is 11.8 Å². The molecule has 1 N–H and O–H groups in total. The number of hydrogen-bond donors (Lipinski definition) is 1. The van der Waals surface area contributed by atoms with Gasteiger partial charge in [0, 0.05) is 0 Å². The van der Waals surface area contributed by atoms with E-state index in [0.29, 0.717) is 5.92 Å². The predicted molar refractivity (Wildman–Crippen MR) is 70.9 cm³/mol. The fourth-order valence-electron chi connectivity index (χ4n) is 2.79. The Hall–Kier alpha value is -1.05. The van der Waals surface area contributed by atoms with Crippen molar-refractivity contribution in [3.05, 3.63) is 23.8 Å². The molecule has 1 saturated carbocycles. The largest absolute Gasteiger partial charge is 0.481 e. The van der Waals surface area contributed by atoms with Crippen molar-refractivity contribution in [1.29, 1.82) is 0 Å². The Bertz CT molecular complexity index is 296. The second-order valence-corrected chi connectivity index (χ2v) is 4.83. The number of allylic oxidation sites excluding steroid dienone is 3. The molecule has 0 aromatic heterocycles. The van der Waals surface area contributed by atoms with Crippen LogP contribution in [0.4, 0.5) is 0 Å². The maximum Gasteiger partial charge on any atom is 0.310 e. The summed E-state index contributed by atoms with van der Waals surface area (Å²) in [4.78, 5) is 11.5. The van der Waals surface area contributed by atoms with Gasteiger partial charge in [-0.15, -0.1) is 0 Å². The molecule has 1 rings (SSSR count). The molecule has 0 radical (unpaired) electrons. The number of carboxylic acid groups (broad SMARTS) is 1. The van der Waals surface area contributed by atoms with Crippen molar-refractivity contribution in [2.75, 3.05) is 0 Å². The van der Waals surface area contributed by atoms with Gasteiger partial charge in [-0.1, -0.05) is 50.0 Å². The van der Waals surface area contributed by atoms with Gasteiger partial charge in [-0.2, -0.15) is 0 Å². The SMILES string of the molecule is CC=CC=C(CC)C(C(=O)O)C1CCCCC1. The van der Waals surface area contributed by atoms with Gasteiger partial charge in [0.15, 0.2) is 0 Å². The lowest BCUT2D eigenvalue weighted by Gasteiger charge is -2.29. The lowest BCUT2D eigenvalue weighted by molar-refractivity contribution is -0.142. The van der Waals surface area contributed by atoms with Crippen molar-refractivity contribution in [3.8, 4) is 0 Å². The van der Waals surface area contributed by atoms with E-state index in [1.807, 2.05) is 32.1 Å². The molecule has 0 spiro atoms. The van der Waals surface area contributed by atoms with Crippen LogP contribution in [-0.2, 0) is 4.79 Å². The summed E-state index contributed by atoms with van der Waals surface area (Å²) < 4.78 is 0. The van der Waals surface area contributed by atoms with Crippen LogP contribution >= 0.6 is 0 Å². The Morgan fingerprint density at radius 2 is 2.00 bits per heavy atom. The monoisotopic (exact) mass is 236 g/mol. The normalized spacial score (nSPS) is 20.7. The van der Waals surface area contributed by atoms with E-state index >= 15 is 0 Å². The highest BCUT2D eigenvalue weighted by atomic mass is 16.4. The summed E-state index contributed by atoms with van der Waals surface area (Å²) in [5, 5.41) is 9.46.